The fourth-order valence-corrected chi connectivity index (χ4v) is 3.27. The van der Waals surface area contributed by atoms with Gasteiger partial charge in [0.05, 0.1) is 9.40 Å². The number of pyridine rings is 1. The molecule has 0 radical (unpaired) electrons. The molecular formula is C16H23BrN4O4. The molecular weight excluding hydrogens is 392 g/mol. The number of alkyl carbamates (subject to hydrolysis) is 1. The monoisotopic (exact) mass is 414 g/mol. The molecule has 1 saturated carbocycles. The van der Waals surface area contributed by atoms with Crippen molar-refractivity contribution < 1.29 is 14.5 Å². The van der Waals surface area contributed by atoms with Crippen molar-refractivity contribution in [1.82, 2.24) is 10.3 Å². The third kappa shape index (κ3) is 5.84. The first-order chi connectivity index (χ1) is 11.7. The summed E-state index contributed by atoms with van der Waals surface area (Å²) in [5.74, 6) is 0. The number of hydrogen-bond acceptors (Lipinski definition) is 6. The molecule has 0 spiro atoms. The van der Waals surface area contributed by atoms with Crippen LogP contribution < -0.4 is 10.6 Å². The van der Waals surface area contributed by atoms with E-state index >= 15 is 0 Å². The molecule has 1 amide bonds. The molecule has 1 aliphatic rings. The van der Waals surface area contributed by atoms with Gasteiger partial charge in [0.1, 0.15) is 17.5 Å². The Morgan fingerprint density at radius 3 is 2.68 bits per heavy atom. The SMILES string of the molecule is CC(C)(C)OC(=O)N[C@@H]1CCC[C@H](Nc2c(Br)cncc2[N+](=O)[O-])C1. The Morgan fingerprint density at radius 2 is 2.04 bits per heavy atom. The first-order valence-electron chi connectivity index (χ1n) is 8.19. The molecule has 0 aromatic carbocycles. The zero-order valence-corrected chi connectivity index (χ0v) is 16.1. The van der Waals surface area contributed by atoms with Crippen LogP contribution in [0.25, 0.3) is 0 Å². The standard InChI is InChI=1S/C16H23BrN4O4/c1-16(2,3)25-15(22)20-11-6-4-5-10(7-11)19-14-12(17)8-18-9-13(14)21(23)24/h8-11H,4-7H2,1-3H3,(H,18,19)(H,20,22)/t10-,11+/m0/s1. The number of anilines is 1. The Labute approximate surface area is 155 Å². The van der Waals surface area contributed by atoms with Crippen LogP contribution in [-0.2, 0) is 4.74 Å². The van der Waals surface area contributed by atoms with Gasteiger partial charge in [-0.05, 0) is 62.4 Å². The second-order valence-corrected chi connectivity index (χ2v) is 7.98. The maximum absolute atomic E-state index is 11.9. The molecule has 1 heterocycles. The fraction of sp³-hybridized carbons (Fsp3) is 0.625. The summed E-state index contributed by atoms with van der Waals surface area (Å²) in [6.07, 6.45) is 5.63. The predicted octanol–water partition coefficient (Wildman–Crippen LogP) is 4.00. The molecule has 9 heteroatoms. The van der Waals surface area contributed by atoms with E-state index < -0.39 is 16.6 Å². The highest BCUT2D eigenvalue weighted by Gasteiger charge is 2.27. The van der Waals surface area contributed by atoms with E-state index in [-0.39, 0.29) is 17.8 Å². The molecule has 138 valence electrons. The lowest BCUT2D eigenvalue weighted by Crippen LogP contribution is -2.43. The van der Waals surface area contributed by atoms with Crippen molar-refractivity contribution in [2.24, 2.45) is 0 Å². The lowest BCUT2D eigenvalue weighted by atomic mass is 9.91. The summed E-state index contributed by atoms with van der Waals surface area (Å²) in [4.78, 5) is 26.5. The number of hydrogen-bond donors (Lipinski definition) is 2. The normalized spacial score (nSPS) is 20.6. The van der Waals surface area contributed by atoms with Gasteiger partial charge in [-0.15, -0.1) is 0 Å². The van der Waals surface area contributed by atoms with E-state index in [0.717, 1.165) is 19.3 Å². The van der Waals surface area contributed by atoms with Gasteiger partial charge < -0.3 is 15.4 Å². The maximum Gasteiger partial charge on any atom is 0.407 e. The highest BCUT2D eigenvalue weighted by molar-refractivity contribution is 9.10. The summed E-state index contributed by atoms with van der Waals surface area (Å²) in [6, 6.07) is -0.00754. The Kier molecular flexibility index (Phi) is 6.21. The van der Waals surface area contributed by atoms with Crippen LogP contribution in [-0.4, -0.2) is 33.7 Å². The van der Waals surface area contributed by atoms with E-state index in [1.54, 1.807) is 0 Å². The smallest absolute Gasteiger partial charge is 0.407 e. The maximum atomic E-state index is 11.9. The van der Waals surface area contributed by atoms with Crippen LogP contribution in [0.4, 0.5) is 16.2 Å². The number of rotatable bonds is 4. The van der Waals surface area contributed by atoms with Gasteiger partial charge in [0.25, 0.3) is 0 Å². The van der Waals surface area contributed by atoms with E-state index in [2.05, 4.69) is 31.5 Å². The van der Waals surface area contributed by atoms with Gasteiger partial charge in [0.2, 0.25) is 0 Å². The van der Waals surface area contributed by atoms with E-state index in [1.165, 1.54) is 12.4 Å². The summed E-state index contributed by atoms with van der Waals surface area (Å²) in [6.45, 7) is 5.45. The van der Waals surface area contributed by atoms with E-state index in [4.69, 9.17) is 4.74 Å². The molecule has 2 N–H and O–H groups in total. The number of carbonyl (C=O) groups excluding carboxylic acids is 1. The molecule has 0 unspecified atom stereocenters. The average molecular weight is 415 g/mol. The number of ether oxygens (including phenoxy) is 1. The number of carbonyl (C=O) groups is 1. The third-order valence-electron chi connectivity index (χ3n) is 3.82. The summed E-state index contributed by atoms with van der Waals surface area (Å²) in [5.41, 5.74) is -0.196. The van der Waals surface area contributed by atoms with Crippen LogP contribution in [0, 0.1) is 10.1 Å². The molecule has 25 heavy (non-hydrogen) atoms. The van der Waals surface area contributed by atoms with Gasteiger partial charge in [-0.1, -0.05) is 0 Å². The zero-order valence-electron chi connectivity index (χ0n) is 14.5. The average Bonchev–Trinajstić information content (AvgIpc) is 2.47. The number of nitrogens with one attached hydrogen (secondary N) is 2. The second kappa shape index (κ2) is 7.99. The number of aromatic nitrogens is 1. The van der Waals surface area contributed by atoms with E-state index in [0.29, 0.717) is 16.6 Å². The molecule has 0 aliphatic heterocycles. The quantitative estimate of drug-likeness (QED) is 0.569. The Bertz CT molecular complexity index is 648. The first-order valence-corrected chi connectivity index (χ1v) is 8.99. The Morgan fingerprint density at radius 1 is 1.36 bits per heavy atom. The predicted molar refractivity (Wildman–Crippen MR) is 97.6 cm³/mol. The minimum Gasteiger partial charge on any atom is -0.444 e. The van der Waals surface area contributed by atoms with Crippen molar-refractivity contribution in [1.29, 1.82) is 0 Å². The Hall–Kier alpha value is -1.90. The molecule has 2 atom stereocenters. The number of nitro groups is 1. The lowest BCUT2D eigenvalue weighted by molar-refractivity contribution is -0.384. The van der Waals surface area contributed by atoms with Gasteiger partial charge in [-0.25, -0.2) is 4.79 Å². The van der Waals surface area contributed by atoms with Crippen molar-refractivity contribution in [3.05, 3.63) is 27.0 Å². The molecule has 1 aromatic rings. The summed E-state index contributed by atoms with van der Waals surface area (Å²) in [5, 5.41) is 17.3. The van der Waals surface area contributed by atoms with Crippen LogP contribution >= 0.6 is 15.9 Å². The zero-order chi connectivity index (χ0) is 18.6. The molecule has 2 rings (SSSR count). The third-order valence-corrected chi connectivity index (χ3v) is 4.42. The molecule has 0 bridgehead atoms. The van der Waals surface area contributed by atoms with E-state index in [1.807, 2.05) is 20.8 Å². The van der Waals surface area contributed by atoms with Crippen LogP contribution in [0.5, 0.6) is 0 Å². The Balaban J connectivity index is 2.01. The lowest BCUT2D eigenvalue weighted by Gasteiger charge is -2.31. The molecule has 8 nitrogen and oxygen atoms in total. The topological polar surface area (TPSA) is 106 Å². The molecule has 0 saturated heterocycles. The number of halogens is 1. The molecule has 1 aromatic heterocycles. The summed E-state index contributed by atoms with van der Waals surface area (Å²) >= 11 is 3.31. The van der Waals surface area contributed by atoms with Crippen LogP contribution in [0.15, 0.2) is 16.9 Å². The highest BCUT2D eigenvalue weighted by Crippen LogP contribution is 2.33. The minimum atomic E-state index is -0.543. The van der Waals surface area contributed by atoms with Gasteiger partial charge in [-0.3, -0.25) is 15.1 Å². The minimum absolute atomic E-state index is 0.0195. The second-order valence-electron chi connectivity index (χ2n) is 7.12. The van der Waals surface area contributed by atoms with Crippen LogP contribution in [0.2, 0.25) is 0 Å². The van der Waals surface area contributed by atoms with Crippen molar-refractivity contribution in [2.75, 3.05) is 5.32 Å². The van der Waals surface area contributed by atoms with Crippen molar-refractivity contribution >= 4 is 33.4 Å². The van der Waals surface area contributed by atoms with Crippen molar-refractivity contribution in [3.63, 3.8) is 0 Å². The summed E-state index contributed by atoms with van der Waals surface area (Å²) in [7, 11) is 0. The van der Waals surface area contributed by atoms with Gasteiger partial charge in [0.15, 0.2) is 0 Å². The number of amides is 1. The number of nitrogens with zero attached hydrogens (tertiary/aromatic N) is 2. The highest BCUT2D eigenvalue weighted by atomic mass is 79.9. The van der Waals surface area contributed by atoms with Crippen LogP contribution in [0.1, 0.15) is 46.5 Å². The van der Waals surface area contributed by atoms with Crippen LogP contribution in [0.3, 0.4) is 0 Å². The largest absolute Gasteiger partial charge is 0.444 e. The molecule has 1 aliphatic carbocycles. The first kappa shape index (κ1) is 19.4. The summed E-state index contributed by atoms with van der Waals surface area (Å²) < 4.78 is 5.83. The van der Waals surface area contributed by atoms with Gasteiger partial charge in [-0.2, -0.15) is 0 Å². The molecule has 1 fully saturated rings. The van der Waals surface area contributed by atoms with Gasteiger partial charge >= 0.3 is 11.8 Å². The van der Waals surface area contributed by atoms with Crippen molar-refractivity contribution in [3.8, 4) is 0 Å². The fourth-order valence-electron chi connectivity index (χ4n) is 2.84. The van der Waals surface area contributed by atoms with Crippen molar-refractivity contribution in [2.45, 2.75) is 64.1 Å². The van der Waals surface area contributed by atoms with E-state index in [9.17, 15) is 14.9 Å². The van der Waals surface area contributed by atoms with Gasteiger partial charge in [0, 0.05) is 18.3 Å².